The second kappa shape index (κ2) is 4.51. The summed E-state index contributed by atoms with van der Waals surface area (Å²) in [5.74, 6) is -0.638. The van der Waals surface area contributed by atoms with Gasteiger partial charge in [-0.05, 0) is 42.5 Å². The first-order valence-electron chi connectivity index (χ1n) is 5.56. The van der Waals surface area contributed by atoms with E-state index in [1.165, 1.54) is 0 Å². The van der Waals surface area contributed by atoms with Crippen LogP contribution in [0.2, 0.25) is 0 Å². The van der Waals surface area contributed by atoms with Gasteiger partial charge in [-0.1, -0.05) is 15.9 Å². The molecule has 0 unspecified atom stereocenters. The zero-order valence-electron chi connectivity index (χ0n) is 9.64. The lowest BCUT2D eigenvalue weighted by Crippen LogP contribution is -2.00. The molecule has 0 saturated carbocycles. The van der Waals surface area contributed by atoms with Gasteiger partial charge >= 0.3 is 5.76 Å². The van der Waals surface area contributed by atoms with Crippen LogP contribution in [0.15, 0.2) is 56.1 Å². The number of carbonyl (C=O) groups excluding carboxylic acids is 1. The summed E-state index contributed by atoms with van der Waals surface area (Å²) in [5, 5.41) is 0. The zero-order valence-corrected chi connectivity index (χ0v) is 11.2. The highest BCUT2D eigenvalue weighted by Crippen LogP contribution is 2.17. The highest BCUT2D eigenvalue weighted by atomic mass is 79.9. The number of carbonyl (C=O) groups is 1. The quantitative estimate of drug-likeness (QED) is 0.739. The second-order valence-corrected chi connectivity index (χ2v) is 4.98. The number of halogens is 1. The Labute approximate surface area is 116 Å². The molecule has 0 fully saturated rings. The average molecular weight is 318 g/mol. The molecule has 2 aromatic carbocycles. The van der Waals surface area contributed by atoms with Crippen LogP contribution in [0.3, 0.4) is 0 Å². The number of aromatic nitrogens is 1. The van der Waals surface area contributed by atoms with Crippen LogP contribution in [0.5, 0.6) is 0 Å². The number of ketones is 1. The zero-order chi connectivity index (χ0) is 13.4. The Bertz CT molecular complexity index is 815. The molecule has 19 heavy (non-hydrogen) atoms. The minimum Gasteiger partial charge on any atom is -0.408 e. The van der Waals surface area contributed by atoms with E-state index in [1.807, 2.05) is 12.1 Å². The lowest BCUT2D eigenvalue weighted by molar-refractivity contribution is 0.103. The third-order valence-corrected chi connectivity index (χ3v) is 3.32. The van der Waals surface area contributed by atoms with Crippen LogP contribution in [-0.2, 0) is 0 Å². The summed E-state index contributed by atoms with van der Waals surface area (Å²) >= 11 is 3.32. The van der Waals surface area contributed by atoms with Crippen molar-refractivity contribution in [3.05, 3.63) is 68.6 Å². The van der Waals surface area contributed by atoms with Crippen molar-refractivity contribution in [3.8, 4) is 0 Å². The van der Waals surface area contributed by atoms with E-state index >= 15 is 0 Å². The van der Waals surface area contributed by atoms with Gasteiger partial charge in [-0.15, -0.1) is 0 Å². The van der Waals surface area contributed by atoms with Crippen LogP contribution >= 0.6 is 15.9 Å². The molecule has 1 N–H and O–H groups in total. The van der Waals surface area contributed by atoms with Crippen LogP contribution in [0, 0.1) is 0 Å². The Morgan fingerprint density at radius 3 is 2.47 bits per heavy atom. The molecule has 4 nitrogen and oxygen atoms in total. The van der Waals surface area contributed by atoms with E-state index in [-0.39, 0.29) is 5.78 Å². The molecule has 0 bridgehead atoms. The molecule has 0 radical (unpaired) electrons. The molecular weight excluding hydrogens is 310 g/mol. The van der Waals surface area contributed by atoms with Crippen LogP contribution in [0.4, 0.5) is 0 Å². The normalized spacial score (nSPS) is 10.8. The molecule has 0 atom stereocenters. The molecule has 0 aliphatic rings. The van der Waals surface area contributed by atoms with Crippen molar-refractivity contribution in [1.82, 2.24) is 4.98 Å². The predicted molar refractivity (Wildman–Crippen MR) is 74.4 cm³/mol. The number of hydrogen-bond donors (Lipinski definition) is 1. The Morgan fingerprint density at radius 1 is 1.05 bits per heavy atom. The maximum atomic E-state index is 12.3. The molecule has 0 spiro atoms. The van der Waals surface area contributed by atoms with Crippen molar-refractivity contribution < 1.29 is 9.21 Å². The van der Waals surface area contributed by atoms with Crippen molar-refractivity contribution in [2.75, 3.05) is 0 Å². The SMILES string of the molecule is O=C(c1ccc(Br)cc1)c1ccc2[nH]c(=O)oc2c1. The third kappa shape index (κ3) is 2.24. The molecule has 1 aromatic heterocycles. The highest BCUT2D eigenvalue weighted by molar-refractivity contribution is 9.10. The summed E-state index contributed by atoms with van der Waals surface area (Å²) in [7, 11) is 0. The number of fused-ring (bicyclic) bond motifs is 1. The third-order valence-electron chi connectivity index (χ3n) is 2.79. The summed E-state index contributed by atoms with van der Waals surface area (Å²) in [4.78, 5) is 25.9. The fourth-order valence-electron chi connectivity index (χ4n) is 1.85. The van der Waals surface area contributed by atoms with Crippen molar-refractivity contribution >= 4 is 32.8 Å². The summed E-state index contributed by atoms with van der Waals surface area (Å²) in [6.45, 7) is 0. The van der Waals surface area contributed by atoms with E-state index in [9.17, 15) is 9.59 Å². The van der Waals surface area contributed by atoms with Gasteiger partial charge in [0.2, 0.25) is 0 Å². The molecular formula is C14H8BrNO3. The van der Waals surface area contributed by atoms with E-state index < -0.39 is 5.76 Å². The first-order chi connectivity index (χ1) is 9.13. The van der Waals surface area contributed by atoms with Crippen molar-refractivity contribution in [3.63, 3.8) is 0 Å². The molecule has 0 aliphatic carbocycles. The maximum Gasteiger partial charge on any atom is 0.417 e. The van der Waals surface area contributed by atoms with Gasteiger partial charge in [0.1, 0.15) is 0 Å². The van der Waals surface area contributed by atoms with E-state index in [0.29, 0.717) is 22.2 Å². The Balaban J connectivity index is 2.05. The van der Waals surface area contributed by atoms with Crippen molar-refractivity contribution in [2.45, 2.75) is 0 Å². The maximum absolute atomic E-state index is 12.3. The minimum absolute atomic E-state index is 0.113. The lowest BCUT2D eigenvalue weighted by atomic mass is 10.0. The highest BCUT2D eigenvalue weighted by Gasteiger charge is 2.11. The molecule has 0 amide bonds. The van der Waals surface area contributed by atoms with Gasteiger partial charge in [-0.2, -0.15) is 0 Å². The van der Waals surface area contributed by atoms with Gasteiger partial charge in [-0.3, -0.25) is 9.78 Å². The molecule has 3 rings (SSSR count). The number of rotatable bonds is 2. The van der Waals surface area contributed by atoms with E-state index in [0.717, 1.165) is 4.47 Å². The van der Waals surface area contributed by atoms with E-state index in [4.69, 9.17) is 4.42 Å². The number of oxazole rings is 1. The van der Waals surface area contributed by atoms with Gasteiger partial charge in [0.25, 0.3) is 0 Å². The summed E-state index contributed by atoms with van der Waals surface area (Å²) in [6.07, 6.45) is 0. The van der Waals surface area contributed by atoms with Gasteiger partial charge in [-0.25, -0.2) is 4.79 Å². The van der Waals surface area contributed by atoms with Gasteiger partial charge in [0.15, 0.2) is 11.4 Å². The fourth-order valence-corrected chi connectivity index (χ4v) is 2.12. The summed E-state index contributed by atoms with van der Waals surface area (Å²) < 4.78 is 5.86. The lowest BCUT2D eigenvalue weighted by Gasteiger charge is -2.01. The number of nitrogens with one attached hydrogen (secondary N) is 1. The topological polar surface area (TPSA) is 63.1 Å². The number of H-pyrrole nitrogens is 1. The van der Waals surface area contributed by atoms with E-state index in [1.54, 1.807) is 30.3 Å². The molecule has 5 heteroatoms. The van der Waals surface area contributed by atoms with Gasteiger partial charge < -0.3 is 4.42 Å². The Morgan fingerprint density at radius 2 is 1.74 bits per heavy atom. The molecule has 94 valence electrons. The minimum atomic E-state index is -0.525. The van der Waals surface area contributed by atoms with E-state index in [2.05, 4.69) is 20.9 Å². The largest absolute Gasteiger partial charge is 0.417 e. The van der Waals surface area contributed by atoms with Crippen LogP contribution in [0.25, 0.3) is 11.1 Å². The fraction of sp³-hybridized carbons (Fsp3) is 0. The Hall–Kier alpha value is -2.14. The molecule has 0 aliphatic heterocycles. The Kier molecular flexibility index (Phi) is 2.83. The predicted octanol–water partition coefficient (Wildman–Crippen LogP) is 3.11. The van der Waals surface area contributed by atoms with Crippen molar-refractivity contribution in [1.29, 1.82) is 0 Å². The van der Waals surface area contributed by atoms with Crippen LogP contribution in [0.1, 0.15) is 15.9 Å². The average Bonchev–Trinajstić information content (AvgIpc) is 2.77. The number of hydrogen-bond acceptors (Lipinski definition) is 3. The smallest absolute Gasteiger partial charge is 0.408 e. The second-order valence-electron chi connectivity index (χ2n) is 4.06. The summed E-state index contributed by atoms with van der Waals surface area (Å²) in [5.41, 5.74) is 2.03. The van der Waals surface area contributed by atoms with Crippen LogP contribution < -0.4 is 5.76 Å². The van der Waals surface area contributed by atoms with Gasteiger partial charge in [0, 0.05) is 15.6 Å². The van der Waals surface area contributed by atoms with Gasteiger partial charge in [0.05, 0.1) is 5.52 Å². The first kappa shape index (κ1) is 11.9. The summed E-state index contributed by atoms with van der Waals surface area (Å²) in [6, 6.07) is 12.0. The van der Waals surface area contributed by atoms with Crippen molar-refractivity contribution in [2.24, 2.45) is 0 Å². The molecule has 3 aromatic rings. The van der Waals surface area contributed by atoms with Crippen LogP contribution in [-0.4, -0.2) is 10.8 Å². The molecule has 0 saturated heterocycles. The monoisotopic (exact) mass is 317 g/mol. The number of benzene rings is 2. The number of aromatic amines is 1. The first-order valence-corrected chi connectivity index (χ1v) is 6.36. The standard InChI is InChI=1S/C14H8BrNO3/c15-10-4-1-8(2-5-10)13(17)9-3-6-11-12(7-9)19-14(18)16-11/h1-7H,(H,16,18). The molecule has 1 heterocycles.